The standard InChI is InChI=1S/C35H43F2N9O3S2/c1-35(50-4,22-45-13-9-23(10-14-45)24-6-8-29-30(17-24)44(3)43-32(29)39-2)49-31-18-28(7-5-25(31)19-38)51(47)46-15-11-26(12-16-46)42-34-40-20-27(21-41-34)48-33(36)37/h5-8,17-18,20-21,23,26,33H,9-16,22H2,1-4H3,(H,39,43)(H,40,41,42). The molecule has 2 aliphatic heterocycles. The first-order valence-corrected chi connectivity index (χ1v) is 19.3. The number of benzene rings is 2. The Bertz CT molecular complexity index is 1870. The van der Waals surface area contributed by atoms with Gasteiger partial charge in [0.2, 0.25) is 5.95 Å². The number of likely N-dealkylation sites (tertiary alicyclic amines) is 1. The summed E-state index contributed by atoms with van der Waals surface area (Å²) >= 11 is 1.60. The number of nitriles is 1. The summed E-state index contributed by atoms with van der Waals surface area (Å²) < 4.78 is 53.3. The van der Waals surface area contributed by atoms with Crippen LogP contribution in [-0.2, 0) is 18.0 Å². The molecule has 2 aliphatic rings. The Morgan fingerprint density at radius 2 is 1.82 bits per heavy atom. The van der Waals surface area contributed by atoms with Crippen molar-refractivity contribution < 1.29 is 22.5 Å². The molecule has 0 radical (unpaired) electrons. The van der Waals surface area contributed by atoms with Gasteiger partial charge in [-0.15, -0.1) is 11.8 Å². The van der Waals surface area contributed by atoms with Gasteiger partial charge in [-0.1, -0.05) is 6.07 Å². The zero-order chi connectivity index (χ0) is 36.1. The predicted molar refractivity (Wildman–Crippen MR) is 196 cm³/mol. The van der Waals surface area contributed by atoms with Crippen LogP contribution < -0.4 is 20.1 Å². The molecule has 0 aliphatic carbocycles. The lowest BCUT2D eigenvalue weighted by Crippen LogP contribution is -2.45. The third-order valence-corrected chi connectivity index (χ3v) is 12.2. The number of nitrogens with one attached hydrogen (secondary N) is 2. The Hall–Kier alpha value is -4.04. The summed E-state index contributed by atoms with van der Waals surface area (Å²) in [5.74, 6) is 1.99. The van der Waals surface area contributed by atoms with Crippen molar-refractivity contribution in [2.24, 2.45) is 7.05 Å². The summed E-state index contributed by atoms with van der Waals surface area (Å²) in [6.07, 6.45) is 7.84. The van der Waals surface area contributed by atoms with Gasteiger partial charge in [0.1, 0.15) is 22.8 Å². The van der Waals surface area contributed by atoms with Crippen LogP contribution in [0.5, 0.6) is 11.5 Å². The van der Waals surface area contributed by atoms with E-state index in [2.05, 4.69) is 59.6 Å². The number of nitrogens with zero attached hydrogens (tertiary/aromatic N) is 7. The maximum Gasteiger partial charge on any atom is 0.387 e. The van der Waals surface area contributed by atoms with Gasteiger partial charge in [-0.2, -0.15) is 19.1 Å². The van der Waals surface area contributed by atoms with Crippen molar-refractivity contribution in [2.75, 3.05) is 56.7 Å². The van der Waals surface area contributed by atoms with Crippen LogP contribution in [0, 0.1) is 11.3 Å². The summed E-state index contributed by atoms with van der Waals surface area (Å²) in [4.78, 5) is 10.5. The second kappa shape index (κ2) is 16.1. The average Bonchev–Trinajstić information content (AvgIpc) is 3.47. The van der Waals surface area contributed by atoms with Crippen molar-refractivity contribution in [2.45, 2.75) is 61.0 Å². The fourth-order valence-corrected chi connectivity index (χ4v) is 8.47. The van der Waals surface area contributed by atoms with E-state index in [1.165, 1.54) is 18.0 Å². The van der Waals surface area contributed by atoms with E-state index in [0.29, 0.717) is 60.6 Å². The summed E-state index contributed by atoms with van der Waals surface area (Å²) in [6, 6.07) is 14.1. The highest BCUT2D eigenvalue weighted by molar-refractivity contribution is 7.99. The second-order valence-corrected chi connectivity index (χ2v) is 15.7. The van der Waals surface area contributed by atoms with Gasteiger partial charge in [-0.25, -0.2) is 18.5 Å². The molecule has 51 heavy (non-hydrogen) atoms. The molecule has 4 aromatic rings. The van der Waals surface area contributed by atoms with Crippen molar-refractivity contribution >= 4 is 45.4 Å². The van der Waals surface area contributed by atoms with E-state index in [9.17, 15) is 18.3 Å². The van der Waals surface area contributed by atoms with Gasteiger partial charge in [-0.05, 0) is 93.8 Å². The Morgan fingerprint density at radius 1 is 1.10 bits per heavy atom. The number of alkyl halides is 2. The lowest BCUT2D eigenvalue weighted by Gasteiger charge is -2.38. The molecule has 16 heteroatoms. The zero-order valence-corrected chi connectivity index (χ0v) is 30.8. The molecule has 0 amide bonds. The number of halogens is 2. The molecule has 0 saturated carbocycles. The summed E-state index contributed by atoms with van der Waals surface area (Å²) in [5.41, 5.74) is 2.86. The van der Waals surface area contributed by atoms with Crippen molar-refractivity contribution in [1.29, 1.82) is 5.26 Å². The van der Waals surface area contributed by atoms with Crippen LogP contribution in [0.1, 0.15) is 49.7 Å². The normalized spacial score (nSPS) is 18.3. The van der Waals surface area contributed by atoms with Crippen molar-refractivity contribution in [3.05, 3.63) is 59.9 Å². The van der Waals surface area contributed by atoms with Crippen LogP contribution >= 0.6 is 11.8 Å². The second-order valence-electron chi connectivity index (χ2n) is 13.0. The van der Waals surface area contributed by atoms with Gasteiger partial charge in [0.15, 0.2) is 16.5 Å². The van der Waals surface area contributed by atoms with E-state index in [0.717, 1.165) is 42.7 Å². The molecule has 2 aromatic heterocycles. The number of aromatic nitrogens is 4. The smallest absolute Gasteiger partial charge is 0.387 e. The highest BCUT2D eigenvalue weighted by Crippen LogP contribution is 2.36. The monoisotopic (exact) mass is 739 g/mol. The number of thioether (sulfide) groups is 1. The van der Waals surface area contributed by atoms with Crippen LogP contribution in [0.4, 0.5) is 20.5 Å². The molecule has 2 N–H and O–H groups in total. The van der Waals surface area contributed by atoms with E-state index >= 15 is 0 Å². The molecule has 2 saturated heterocycles. The minimum Gasteiger partial charge on any atom is -0.474 e. The van der Waals surface area contributed by atoms with E-state index in [1.807, 2.05) is 36.3 Å². The minimum absolute atomic E-state index is 0.0311. The summed E-state index contributed by atoms with van der Waals surface area (Å²) in [7, 11) is 2.41. The number of fused-ring (bicyclic) bond motifs is 1. The Balaban J connectivity index is 1.04. The van der Waals surface area contributed by atoms with Gasteiger partial charge < -0.3 is 20.1 Å². The number of rotatable bonds is 13. The third kappa shape index (κ3) is 8.71. The molecule has 2 atom stereocenters. The number of anilines is 2. The fraction of sp³-hybridized carbons (Fsp3) is 0.486. The first-order valence-electron chi connectivity index (χ1n) is 16.9. The SMILES string of the molecule is CNc1nn(C)c2cc(C3CCN(CC(C)(Oc4cc(S(=O)N5CCC(Nc6ncc(OC(F)F)cn6)CC5)ccc4C#N)SC)CC3)ccc12. The molecule has 272 valence electrons. The zero-order valence-electron chi connectivity index (χ0n) is 29.1. The van der Waals surface area contributed by atoms with Gasteiger partial charge in [0.25, 0.3) is 0 Å². The largest absolute Gasteiger partial charge is 0.474 e. The van der Waals surface area contributed by atoms with Gasteiger partial charge >= 0.3 is 6.61 Å². The minimum atomic E-state index is -2.94. The first kappa shape index (κ1) is 36.7. The van der Waals surface area contributed by atoms with Crippen molar-refractivity contribution in [3.8, 4) is 17.6 Å². The molecular formula is C35H43F2N9O3S2. The van der Waals surface area contributed by atoms with Crippen LogP contribution in [0.25, 0.3) is 10.9 Å². The molecule has 6 rings (SSSR count). The highest BCUT2D eigenvalue weighted by atomic mass is 32.2. The van der Waals surface area contributed by atoms with Gasteiger partial charge in [0.05, 0.1) is 28.4 Å². The van der Waals surface area contributed by atoms with Crippen LogP contribution in [0.2, 0.25) is 0 Å². The Labute approximate surface area is 303 Å². The first-order chi connectivity index (χ1) is 24.6. The molecule has 2 fully saturated rings. The van der Waals surface area contributed by atoms with Crippen LogP contribution in [0.15, 0.2) is 53.7 Å². The maximum absolute atomic E-state index is 13.7. The number of ether oxygens (including phenoxy) is 2. The fourth-order valence-electron chi connectivity index (χ4n) is 6.75. The number of piperidine rings is 2. The van der Waals surface area contributed by atoms with Crippen LogP contribution in [0.3, 0.4) is 0 Å². The molecule has 4 heterocycles. The van der Waals surface area contributed by atoms with Gasteiger partial charge in [0, 0.05) is 45.2 Å². The Kier molecular flexibility index (Phi) is 11.6. The molecule has 2 aromatic carbocycles. The quantitative estimate of drug-likeness (QED) is 0.161. The van der Waals surface area contributed by atoms with E-state index < -0.39 is 22.5 Å². The number of hydrogen-bond acceptors (Lipinski definition) is 11. The Morgan fingerprint density at radius 3 is 2.47 bits per heavy atom. The summed E-state index contributed by atoms with van der Waals surface area (Å²) in [5, 5.41) is 22.0. The van der Waals surface area contributed by atoms with Crippen molar-refractivity contribution in [1.82, 2.24) is 29.0 Å². The average molecular weight is 740 g/mol. The highest BCUT2D eigenvalue weighted by Gasteiger charge is 2.33. The lowest BCUT2D eigenvalue weighted by atomic mass is 9.89. The van der Waals surface area contributed by atoms with E-state index in [1.54, 1.807) is 30.0 Å². The number of hydrogen-bond donors (Lipinski definition) is 2. The van der Waals surface area contributed by atoms with Gasteiger partial charge in [-0.3, -0.25) is 9.58 Å². The maximum atomic E-state index is 13.7. The lowest BCUT2D eigenvalue weighted by molar-refractivity contribution is -0.0503. The topological polar surface area (TPSA) is 133 Å². The van der Waals surface area contributed by atoms with E-state index in [-0.39, 0.29) is 11.8 Å². The molecular weight excluding hydrogens is 697 g/mol. The van der Waals surface area contributed by atoms with Crippen LogP contribution in [-0.4, -0.2) is 96.8 Å². The molecule has 2 unspecified atom stereocenters. The molecule has 0 spiro atoms. The predicted octanol–water partition coefficient (Wildman–Crippen LogP) is 5.81. The summed E-state index contributed by atoms with van der Waals surface area (Å²) in [6.45, 7) is 2.76. The van der Waals surface area contributed by atoms with E-state index in [4.69, 9.17) is 4.74 Å². The third-order valence-electron chi connectivity index (χ3n) is 9.59. The number of aryl methyl sites for hydroxylation is 1. The molecule has 0 bridgehead atoms. The van der Waals surface area contributed by atoms with Crippen molar-refractivity contribution in [3.63, 3.8) is 0 Å². The molecule has 12 nitrogen and oxygen atoms in total.